The van der Waals surface area contributed by atoms with Crippen LogP contribution in [0, 0.1) is 0 Å². The number of carbonyl (C=O) groups is 3. The van der Waals surface area contributed by atoms with E-state index in [0.29, 0.717) is 38.9 Å². The third-order valence-corrected chi connectivity index (χ3v) is 8.30. The number of ether oxygens (including phenoxy) is 3. The molecule has 0 aromatic rings. The molecule has 0 aliphatic rings. The highest BCUT2D eigenvalue weighted by atomic mass is 16.5. The summed E-state index contributed by atoms with van der Waals surface area (Å²) in [4.78, 5) is 36.3. The van der Waals surface area contributed by atoms with Crippen LogP contribution in [0.25, 0.3) is 0 Å². The lowest BCUT2D eigenvalue weighted by atomic mass is 10.0. The Kier molecular flexibility index (Phi) is 35.5. The van der Waals surface area contributed by atoms with E-state index in [2.05, 4.69) is 43.5 Å². The van der Waals surface area contributed by atoms with Crippen molar-refractivity contribution in [3.8, 4) is 0 Å². The number of rotatable bonds is 35. The van der Waals surface area contributed by atoms with Crippen LogP contribution in [0.15, 0.2) is 36.5 Å². The van der Waals surface area contributed by atoms with Crippen molar-refractivity contribution in [3.63, 3.8) is 0 Å². The molecular formula is C41H73NO6. The monoisotopic (exact) mass is 676 g/mol. The minimum absolute atomic E-state index is 0.0362. The fourth-order valence-corrected chi connectivity index (χ4v) is 5.34. The van der Waals surface area contributed by atoms with E-state index in [1.807, 2.05) is 19.2 Å². The van der Waals surface area contributed by atoms with Crippen molar-refractivity contribution < 1.29 is 28.6 Å². The van der Waals surface area contributed by atoms with Gasteiger partial charge < -0.3 is 19.5 Å². The number of allylic oxidation sites excluding steroid dienone is 4. The largest absolute Gasteiger partial charge is 0.462 e. The first-order chi connectivity index (χ1) is 23.5. The molecule has 0 saturated heterocycles. The number of hydrogen-bond donors (Lipinski definition) is 1. The second-order valence-electron chi connectivity index (χ2n) is 12.9. The Morgan fingerprint density at radius 1 is 0.500 bits per heavy atom. The maximum absolute atomic E-state index is 12.4. The predicted molar refractivity (Wildman–Crippen MR) is 200 cm³/mol. The third-order valence-electron chi connectivity index (χ3n) is 8.30. The molecule has 0 amide bonds. The average molecular weight is 676 g/mol. The van der Waals surface area contributed by atoms with E-state index in [-0.39, 0.29) is 24.0 Å². The minimum Gasteiger partial charge on any atom is -0.462 e. The van der Waals surface area contributed by atoms with Gasteiger partial charge in [0.15, 0.2) is 0 Å². The van der Waals surface area contributed by atoms with E-state index in [0.717, 1.165) is 90.0 Å². The highest BCUT2D eigenvalue weighted by Crippen LogP contribution is 2.17. The molecule has 7 nitrogen and oxygen atoms in total. The van der Waals surface area contributed by atoms with Gasteiger partial charge in [-0.1, -0.05) is 108 Å². The van der Waals surface area contributed by atoms with Gasteiger partial charge in [-0.15, -0.1) is 0 Å². The van der Waals surface area contributed by atoms with E-state index < -0.39 is 0 Å². The third kappa shape index (κ3) is 34.9. The number of carbonyl (C=O) groups excluding carboxylic acids is 3. The SMILES string of the molecule is CCCCCC/C=C\COC(=O)CC/C=C/CCCCC(CCCCCCCC(=O)OC/C=C\CCCCCC)OC(=O)CCCNC. The molecule has 1 unspecified atom stereocenters. The zero-order chi connectivity index (χ0) is 35.2. The van der Waals surface area contributed by atoms with Crippen LogP contribution in [0.1, 0.15) is 174 Å². The van der Waals surface area contributed by atoms with E-state index >= 15 is 0 Å². The maximum Gasteiger partial charge on any atom is 0.306 e. The van der Waals surface area contributed by atoms with Crippen LogP contribution in [0.5, 0.6) is 0 Å². The van der Waals surface area contributed by atoms with Crippen LogP contribution >= 0.6 is 0 Å². The fourth-order valence-electron chi connectivity index (χ4n) is 5.34. The summed E-state index contributed by atoms with van der Waals surface area (Å²) in [6.45, 7) is 5.98. The van der Waals surface area contributed by atoms with Gasteiger partial charge in [-0.25, -0.2) is 0 Å². The Bertz CT molecular complexity index is 837. The molecule has 0 fully saturated rings. The maximum atomic E-state index is 12.4. The smallest absolute Gasteiger partial charge is 0.306 e. The Hall–Kier alpha value is -2.41. The van der Waals surface area contributed by atoms with Gasteiger partial charge in [0.2, 0.25) is 0 Å². The highest BCUT2D eigenvalue weighted by molar-refractivity contribution is 5.70. The first-order valence-corrected chi connectivity index (χ1v) is 19.6. The molecule has 0 saturated carbocycles. The van der Waals surface area contributed by atoms with Crippen LogP contribution in [0.2, 0.25) is 0 Å². The van der Waals surface area contributed by atoms with Crippen molar-refractivity contribution in [1.29, 1.82) is 0 Å². The Labute approximate surface area is 295 Å². The van der Waals surface area contributed by atoms with Gasteiger partial charge in [0.1, 0.15) is 19.3 Å². The zero-order valence-corrected chi connectivity index (χ0v) is 31.3. The van der Waals surface area contributed by atoms with Crippen molar-refractivity contribution in [1.82, 2.24) is 5.32 Å². The summed E-state index contributed by atoms with van der Waals surface area (Å²) in [7, 11) is 1.89. The summed E-state index contributed by atoms with van der Waals surface area (Å²) >= 11 is 0. The number of esters is 3. The van der Waals surface area contributed by atoms with Gasteiger partial charge >= 0.3 is 17.9 Å². The van der Waals surface area contributed by atoms with Crippen molar-refractivity contribution >= 4 is 17.9 Å². The Morgan fingerprint density at radius 2 is 0.958 bits per heavy atom. The zero-order valence-electron chi connectivity index (χ0n) is 31.3. The lowest BCUT2D eigenvalue weighted by Gasteiger charge is -2.18. The Morgan fingerprint density at radius 3 is 1.56 bits per heavy atom. The first kappa shape index (κ1) is 45.6. The summed E-state index contributed by atoms with van der Waals surface area (Å²) in [6.07, 6.45) is 37.0. The van der Waals surface area contributed by atoms with E-state index in [1.165, 1.54) is 51.4 Å². The highest BCUT2D eigenvalue weighted by Gasteiger charge is 2.14. The molecule has 0 aromatic carbocycles. The van der Waals surface area contributed by atoms with Gasteiger partial charge in [0.05, 0.1) is 0 Å². The molecule has 48 heavy (non-hydrogen) atoms. The number of nitrogens with one attached hydrogen (secondary N) is 1. The van der Waals surface area contributed by atoms with Crippen molar-refractivity contribution in [3.05, 3.63) is 36.5 Å². The molecular weight excluding hydrogens is 602 g/mol. The van der Waals surface area contributed by atoms with Gasteiger partial charge in [0, 0.05) is 19.3 Å². The van der Waals surface area contributed by atoms with E-state index in [4.69, 9.17) is 14.2 Å². The van der Waals surface area contributed by atoms with E-state index in [9.17, 15) is 14.4 Å². The predicted octanol–water partition coefficient (Wildman–Crippen LogP) is 10.7. The number of unbranched alkanes of at least 4 members (excludes halogenated alkanes) is 14. The first-order valence-electron chi connectivity index (χ1n) is 19.6. The molecule has 1 N–H and O–H groups in total. The second kappa shape index (κ2) is 37.4. The van der Waals surface area contributed by atoms with Gasteiger partial charge in [-0.2, -0.15) is 0 Å². The summed E-state index contributed by atoms with van der Waals surface area (Å²) in [5.74, 6) is -0.363. The van der Waals surface area contributed by atoms with Crippen molar-refractivity contribution in [2.75, 3.05) is 26.8 Å². The molecule has 0 radical (unpaired) electrons. The summed E-state index contributed by atoms with van der Waals surface area (Å²) in [5.41, 5.74) is 0. The van der Waals surface area contributed by atoms with Crippen LogP contribution in [0.4, 0.5) is 0 Å². The summed E-state index contributed by atoms with van der Waals surface area (Å²) in [6, 6.07) is 0. The molecule has 0 spiro atoms. The Balaban J connectivity index is 4.10. The average Bonchev–Trinajstić information content (AvgIpc) is 3.07. The van der Waals surface area contributed by atoms with Gasteiger partial charge in [-0.3, -0.25) is 14.4 Å². The van der Waals surface area contributed by atoms with Crippen molar-refractivity contribution in [2.24, 2.45) is 0 Å². The van der Waals surface area contributed by atoms with Crippen LogP contribution in [0.3, 0.4) is 0 Å². The van der Waals surface area contributed by atoms with Gasteiger partial charge in [-0.05, 0) is 97.1 Å². The molecule has 7 heteroatoms. The van der Waals surface area contributed by atoms with Crippen LogP contribution in [-0.2, 0) is 28.6 Å². The second-order valence-corrected chi connectivity index (χ2v) is 12.9. The minimum atomic E-state index is -0.149. The topological polar surface area (TPSA) is 90.9 Å². The molecule has 0 aromatic heterocycles. The van der Waals surface area contributed by atoms with Crippen molar-refractivity contribution in [2.45, 2.75) is 180 Å². The molecule has 0 heterocycles. The standard InChI is InChI=1S/C41H73NO6/c1-4-6-8-10-14-21-27-36-46-39(43)32-25-19-13-12-17-23-30-38(48-41(45)34-29-35-42-3)31-24-18-16-20-26-33-40(44)47-37-28-22-15-11-9-7-5-2/h13,19,21-22,27-28,38,42H,4-12,14-18,20,23-26,29-37H2,1-3H3/b19-13+,27-21-,28-22-. The van der Waals surface area contributed by atoms with E-state index in [1.54, 1.807) is 0 Å². The molecule has 0 aliphatic heterocycles. The molecule has 278 valence electrons. The molecule has 0 bridgehead atoms. The van der Waals surface area contributed by atoms with Gasteiger partial charge in [0.25, 0.3) is 0 Å². The van der Waals surface area contributed by atoms with Crippen LogP contribution in [-0.4, -0.2) is 50.8 Å². The molecule has 0 rings (SSSR count). The number of hydrogen-bond acceptors (Lipinski definition) is 7. The summed E-state index contributed by atoms with van der Waals surface area (Å²) < 4.78 is 16.5. The quantitative estimate of drug-likeness (QED) is 0.0309. The molecule has 0 aliphatic carbocycles. The molecule has 1 atom stereocenters. The lowest BCUT2D eigenvalue weighted by Crippen LogP contribution is -2.19. The summed E-state index contributed by atoms with van der Waals surface area (Å²) in [5, 5.41) is 3.08. The lowest BCUT2D eigenvalue weighted by molar-refractivity contribution is -0.150. The van der Waals surface area contributed by atoms with Crippen LogP contribution < -0.4 is 5.32 Å². The normalized spacial score (nSPS) is 12.3. The fraction of sp³-hybridized carbons (Fsp3) is 0.780.